The van der Waals surface area contributed by atoms with Crippen molar-refractivity contribution in [1.82, 2.24) is 25.1 Å². The molecule has 7 heteroatoms. The van der Waals surface area contributed by atoms with E-state index < -0.39 is 0 Å². The van der Waals surface area contributed by atoms with Crippen molar-refractivity contribution < 1.29 is 4.79 Å². The maximum Gasteiger partial charge on any atom is 0.255 e. The highest BCUT2D eigenvalue weighted by Crippen LogP contribution is 2.12. The number of nitrogens with one attached hydrogen (secondary N) is 1. The molecule has 2 aromatic heterocycles. The third-order valence-corrected chi connectivity index (χ3v) is 2.58. The van der Waals surface area contributed by atoms with Gasteiger partial charge in [0.2, 0.25) is 0 Å². The second-order valence-corrected chi connectivity index (χ2v) is 3.96. The largest absolute Gasteiger partial charge is 0.398 e. The minimum atomic E-state index is -0.281. The van der Waals surface area contributed by atoms with E-state index in [0.29, 0.717) is 17.1 Å². The summed E-state index contributed by atoms with van der Waals surface area (Å²) in [6.45, 7) is 1.83. The Kier molecular flexibility index (Phi) is 3.22. The van der Waals surface area contributed by atoms with Crippen molar-refractivity contribution >= 4 is 11.6 Å². The lowest BCUT2D eigenvalue weighted by Gasteiger charge is -2.13. The summed E-state index contributed by atoms with van der Waals surface area (Å²) in [6, 6.07) is 1.33. The molecule has 1 unspecified atom stereocenters. The van der Waals surface area contributed by atoms with Gasteiger partial charge in [0.25, 0.3) is 5.91 Å². The van der Waals surface area contributed by atoms with E-state index in [2.05, 4.69) is 20.5 Å². The molecule has 7 nitrogen and oxygen atoms in total. The van der Waals surface area contributed by atoms with E-state index >= 15 is 0 Å². The van der Waals surface area contributed by atoms with Crippen LogP contribution in [0.5, 0.6) is 0 Å². The van der Waals surface area contributed by atoms with Gasteiger partial charge in [-0.05, 0) is 13.0 Å². The van der Waals surface area contributed by atoms with Crippen LogP contribution in [0, 0.1) is 0 Å². The van der Waals surface area contributed by atoms with Gasteiger partial charge in [0.15, 0.2) is 5.82 Å². The van der Waals surface area contributed by atoms with Gasteiger partial charge < -0.3 is 15.6 Å². The first-order chi connectivity index (χ1) is 8.59. The fourth-order valence-electron chi connectivity index (χ4n) is 1.62. The van der Waals surface area contributed by atoms with Crippen molar-refractivity contribution in [3.8, 4) is 0 Å². The van der Waals surface area contributed by atoms with Gasteiger partial charge in [-0.15, -0.1) is 10.2 Å². The predicted molar refractivity (Wildman–Crippen MR) is 65.5 cm³/mol. The Bertz CT molecular complexity index is 564. The standard InChI is InChI=1S/C11H14N6O/c1-7(10-16-14-6-17(10)2)15-11(18)8-5-13-4-3-9(8)12/h3-7H,1-2H3,(H2,12,13)(H,15,18). The minimum absolute atomic E-state index is 0.260. The maximum absolute atomic E-state index is 12.0. The Morgan fingerprint density at radius 2 is 2.33 bits per heavy atom. The van der Waals surface area contributed by atoms with Crippen LogP contribution in [0.15, 0.2) is 24.8 Å². The number of carbonyl (C=O) groups excluding carboxylic acids is 1. The molecule has 18 heavy (non-hydrogen) atoms. The van der Waals surface area contributed by atoms with Crippen LogP contribution in [-0.2, 0) is 7.05 Å². The minimum Gasteiger partial charge on any atom is -0.398 e. The van der Waals surface area contributed by atoms with Crippen molar-refractivity contribution in [3.63, 3.8) is 0 Å². The maximum atomic E-state index is 12.0. The Balaban J connectivity index is 2.13. The zero-order valence-electron chi connectivity index (χ0n) is 10.2. The summed E-state index contributed by atoms with van der Waals surface area (Å²) in [6.07, 6.45) is 4.56. The van der Waals surface area contributed by atoms with Crippen molar-refractivity contribution in [1.29, 1.82) is 0 Å². The quantitative estimate of drug-likeness (QED) is 0.810. The average Bonchev–Trinajstić information content (AvgIpc) is 2.76. The third-order valence-electron chi connectivity index (χ3n) is 2.58. The number of nitrogens with two attached hydrogens (primary N) is 1. The monoisotopic (exact) mass is 246 g/mol. The summed E-state index contributed by atoms with van der Waals surface area (Å²) < 4.78 is 1.75. The number of hydrogen-bond acceptors (Lipinski definition) is 5. The fraction of sp³-hybridized carbons (Fsp3) is 0.273. The molecule has 0 spiro atoms. The molecule has 2 aromatic rings. The molecule has 0 bridgehead atoms. The summed E-state index contributed by atoms with van der Waals surface area (Å²) in [5, 5.41) is 10.5. The van der Waals surface area contributed by atoms with E-state index in [9.17, 15) is 4.79 Å². The zero-order chi connectivity index (χ0) is 13.1. The summed E-state index contributed by atoms with van der Waals surface area (Å²) in [7, 11) is 1.82. The van der Waals surface area contributed by atoms with Gasteiger partial charge in [-0.25, -0.2) is 0 Å². The summed E-state index contributed by atoms with van der Waals surface area (Å²) in [5.41, 5.74) is 6.46. The van der Waals surface area contributed by atoms with Crippen LogP contribution in [0.4, 0.5) is 5.69 Å². The number of anilines is 1. The first kappa shape index (κ1) is 12.0. The normalized spacial score (nSPS) is 12.1. The Morgan fingerprint density at radius 3 is 2.94 bits per heavy atom. The molecule has 0 saturated carbocycles. The molecule has 0 aliphatic rings. The molecule has 2 heterocycles. The van der Waals surface area contributed by atoms with E-state index in [0.717, 1.165) is 0 Å². The SMILES string of the molecule is CC(NC(=O)c1cnccc1N)c1nncn1C. The Labute approximate surface area is 104 Å². The lowest BCUT2D eigenvalue weighted by Crippen LogP contribution is -2.29. The lowest BCUT2D eigenvalue weighted by atomic mass is 10.2. The highest BCUT2D eigenvalue weighted by molar-refractivity contribution is 5.98. The molecule has 0 saturated heterocycles. The highest BCUT2D eigenvalue weighted by atomic mass is 16.1. The number of aryl methyl sites for hydroxylation is 1. The molecule has 0 aromatic carbocycles. The van der Waals surface area contributed by atoms with Gasteiger partial charge in [0.05, 0.1) is 11.6 Å². The number of nitrogens with zero attached hydrogens (tertiary/aromatic N) is 4. The van der Waals surface area contributed by atoms with Crippen molar-refractivity contribution in [2.75, 3.05) is 5.73 Å². The van der Waals surface area contributed by atoms with Crippen LogP contribution in [0.1, 0.15) is 29.1 Å². The van der Waals surface area contributed by atoms with Crippen LogP contribution in [0.25, 0.3) is 0 Å². The third kappa shape index (κ3) is 2.29. The molecule has 2 rings (SSSR count). The van der Waals surface area contributed by atoms with Gasteiger partial charge in [-0.3, -0.25) is 9.78 Å². The Morgan fingerprint density at radius 1 is 1.56 bits per heavy atom. The lowest BCUT2D eigenvalue weighted by molar-refractivity contribution is 0.0938. The van der Waals surface area contributed by atoms with E-state index in [1.165, 1.54) is 12.4 Å². The number of rotatable bonds is 3. The van der Waals surface area contributed by atoms with Crippen LogP contribution >= 0.6 is 0 Å². The van der Waals surface area contributed by atoms with Crippen molar-refractivity contribution in [2.45, 2.75) is 13.0 Å². The van der Waals surface area contributed by atoms with Crippen LogP contribution < -0.4 is 11.1 Å². The zero-order valence-corrected chi connectivity index (χ0v) is 10.2. The van der Waals surface area contributed by atoms with Crippen LogP contribution in [-0.4, -0.2) is 25.7 Å². The predicted octanol–water partition coefficient (Wildman–Crippen LogP) is 0.283. The molecular formula is C11H14N6O. The highest BCUT2D eigenvalue weighted by Gasteiger charge is 2.16. The van der Waals surface area contributed by atoms with Gasteiger partial charge in [0, 0.05) is 25.1 Å². The van der Waals surface area contributed by atoms with E-state index in [1.54, 1.807) is 17.0 Å². The molecule has 3 N–H and O–H groups in total. The first-order valence-corrected chi connectivity index (χ1v) is 5.44. The van der Waals surface area contributed by atoms with Crippen LogP contribution in [0.3, 0.4) is 0 Å². The fourth-order valence-corrected chi connectivity index (χ4v) is 1.62. The molecule has 1 atom stereocenters. The van der Waals surface area contributed by atoms with E-state index in [4.69, 9.17) is 5.73 Å². The van der Waals surface area contributed by atoms with Gasteiger partial charge in [-0.2, -0.15) is 0 Å². The molecule has 94 valence electrons. The molecule has 0 aliphatic carbocycles. The van der Waals surface area contributed by atoms with E-state index in [1.807, 2.05) is 14.0 Å². The topological polar surface area (TPSA) is 98.7 Å². The number of amides is 1. The Hall–Kier alpha value is -2.44. The molecular weight excluding hydrogens is 232 g/mol. The summed E-state index contributed by atoms with van der Waals surface area (Å²) in [5.74, 6) is 0.391. The molecule has 0 radical (unpaired) electrons. The molecule has 0 aliphatic heterocycles. The second-order valence-electron chi connectivity index (χ2n) is 3.96. The number of hydrogen-bond donors (Lipinski definition) is 2. The average molecular weight is 246 g/mol. The van der Waals surface area contributed by atoms with Gasteiger partial charge >= 0.3 is 0 Å². The summed E-state index contributed by atoms with van der Waals surface area (Å²) >= 11 is 0. The van der Waals surface area contributed by atoms with Crippen molar-refractivity contribution in [3.05, 3.63) is 36.2 Å². The van der Waals surface area contributed by atoms with Crippen LogP contribution in [0.2, 0.25) is 0 Å². The molecule has 1 amide bonds. The number of aromatic nitrogens is 4. The van der Waals surface area contributed by atoms with Gasteiger partial charge in [0.1, 0.15) is 6.33 Å². The number of carbonyl (C=O) groups is 1. The smallest absolute Gasteiger partial charge is 0.255 e. The number of pyridine rings is 1. The number of nitrogen functional groups attached to an aromatic ring is 1. The summed E-state index contributed by atoms with van der Waals surface area (Å²) in [4.78, 5) is 15.9. The first-order valence-electron chi connectivity index (χ1n) is 5.44. The van der Waals surface area contributed by atoms with E-state index in [-0.39, 0.29) is 11.9 Å². The van der Waals surface area contributed by atoms with Gasteiger partial charge in [-0.1, -0.05) is 0 Å². The van der Waals surface area contributed by atoms with Crippen molar-refractivity contribution in [2.24, 2.45) is 7.05 Å². The molecule has 0 fully saturated rings. The second kappa shape index (κ2) is 4.82.